The molecule has 0 amide bonds. The van der Waals surface area contributed by atoms with Gasteiger partial charge >= 0.3 is 0 Å². The van der Waals surface area contributed by atoms with E-state index in [1.807, 2.05) is 39.0 Å². The lowest BCUT2D eigenvalue weighted by Gasteiger charge is -2.24. The Kier molecular flexibility index (Phi) is 9.13. The molecule has 0 fully saturated rings. The molecular weight excluding hydrogens is 318 g/mol. The van der Waals surface area contributed by atoms with Gasteiger partial charge in [0.1, 0.15) is 0 Å². The van der Waals surface area contributed by atoms with E-state index in [0.717, 1.165) is 36.0 Å². The van der Waals surface area contributed by atoms with E-state index in [0.29, 0.717) is 19.7 Å². The van der Waals surface area contributed by atoms with E-state index in [1.165, 1.54) is 0 Å². The molecular formula is C19H33N3O3. The zero-order valence-corrected chi connectivity index (χ0v) is 16.4. The van der Waals surface area contributed by atoms with Crippen LogP contribution in [0.1, 0.15) is 39.7 Å². The second-order valence-corrected chi connectivity index (χ2v) is 6.35. The molecule has 2 N–H and O–H groups in total. The van der Waals surface area contributed by atoms with Crippen molar-refractivity contribution in [1.29, 1.82) is 0 Å². The maximum Gasteiger partial charge on any atom is 0.191 e. The highest BCUT2D eigenvalue weighted by molar-refractivity contribution is 5.79. The first-order valence-corrected chi connectivity index (χ1v) is 8.82. The minimum atomic E-state index is -0.252. The van der Waals surface area contributed by atoms with Gasteiger partial charge in [-0.15, -0.1) is 0 Å². The summed E-state index contributed by atoms with van der Waals surface area (Å²) in [5.74, 6) is 2.27. The van der Waals surface area contributed by atoms with Crippen molar-refractivity contribution < 1.29 is 14.2 Å². The maximum absolute atomic E-state index is 5.69. The summed E-state index contributed by atoms with van der Waals surface area (Å²) >= 11 is 0. The number of hydrogen-bond donors (Lipinski definition) is 2. The minimum Gasteiger partial charge on any atom is -0.493 e. The van der Waals surface area contributed by atoms with Gasteiger partial charge in [-0.3, -0.25) is 0 Å². The molecule has 0 saturated heterocycles. The molecule has 0 radical (unpaired) electrons. The normalized spacial score (nSPS) is 12.0. The Morgan fingerprint density at radius 3 is 2.48 bits per heavy atom. The molecule has 142 valence electrons. The summed E-state index contributed by atoms with van der Waals surface area (Å²) in [7, 11) is 3.36. The molecule has 1 rings (SSSR count). The maximum atomic E-state index is 5.69. The van der Waals surface area contributed by atoms with Crippen molar-refractivity contribution in [2.45, 2.75) is 46.3 Å². The third-order valence-corrected chi connectivity index (χ3v) is 3.69. The molecule has 6 heteroatoms. The molecule has 0 saturated carbocycles. The number of nitrogens with one attached hydrogen (secondary N) is 2. The monoisotopic (exact) mass is 351 g/mol. The molecule has 0 heterocycles. The summed E-state index contributed by atoms with van der Waals surface area (Å²) in [6.07, 6.45) is 0.963. The highest BCUT2D eigenvalue weighted by Crippen LogP contribution is 2.28. The first kappa shape index (κ1) is 21.1. The summed E-state index contributed by atoms with van der Waals surface area (Å²) in [6.45, 7) is 10.9. The first-order valence-electron chi connectivity index (χ1n) is 8.82. The van der Waals surface area contributed by atoms with Crippen LogP contribution in [0.5, 0.6) is 11.5 Å². The Morgan fingerprint density at radius 1 is 1.12 bits per heavy atom. The molecule has 0 aromatic heterocycles. The second kappa shape index (κ2) is 10.8. The zero-order valence-electron chi connectivity index (χ0n) is 16.4. The van der Waals surface area contributed by atoms with Crippen LogP contribution in [0, 0.1) is 0 Å². The van der Waals surface area contributed by atoms with E-state index < -0.39 is 0 Å². The lowest BCUT2D eigenvalue weighted by molar-refractivity contribution is 0.0268. The second-order valence-electron chi connectivity index (χ2n) is 6.35. The topological polar surface area (TPSA) is 64.1 Å². The Bertz CT molecular complexity index is 545. The van der Waals surface area contributed by atoms with E-state index in [2.05, 4.69) is 22.5 Å². The summed E-state index contributed by atoms with van der Waals surface area (Å²) in [4.78, 5) is 4.63. The highest BCUT2D eigenvalue weighted by atomic mass is 16.5. The van der Waals surface area contributed by atoms with Gasteiger partial charge in [0.05, 0.1) is 25.9 Å². The number of ether oxygens (including phenoxy) is 3. The van der Waals surface area contributed by atoms with E-state index in [9.17, 15) is 0 Å². The smallest absolute Gasteiger partial charge is 0.191 e. The van der Waals surface area contributed by atoms with Crippen molar-refractivity contribution >= 4 is 5.96 Å². The third kappa shape index (κ3) is 7.65. The minimum absolute atomic E-state index is 0.252. The van der Waals surface area contributed by atoms with Gasteiger partial charge in [-0.25, -0.2) is 4.99 Å². The van der Waals surface area contributed by atoms with Crippen molar-refractivity contribution in [2.24, 2.45) is 4.99 Å². The highest BCUT2D eigenvalue weighted by Gasteiger charge is 2.16. The lowest BCUT2D eigenvalue weighted by Crippen LogP contribution is -2.45. The van der Waals surface area contributed by atoms with Crippen LogP contribution in [0.25, 0.3) is 0 Å². The first-order chi connectivity index (χ1) is 12.0. The van der Waals surface area contributed by atoms with Gasteiger partial charge in [-0.1, -0.05) is 13.0 Å². The molecule has 0 unspecified atom stereocenters. The van der Waals surface area contributed by atoms with Crippen LogP contribution >= 0.6 is 0 Å². The van der Waals surface area contributed by atoms with E-state index in [1.54, 1.807) is 14.2 Å². The summed E-state index contributed by atoms with van der Waals surface area (Å²) in [5.41, 5.74) is 0.807. The number of guanidine groups is 1. The summed E-state index contributed by atoms with van der Waals surface area (Å²) in [5, 5.41) is 6.55. The van der Waals surface area contributed by atoms with Gasteiger partial charge in [0.25, 0.3) is 0 Å². The molecule has 0 spiro atoms. The SMILES string of the molecule is CCCOc1ccc(CN=C(NCC)NCC(C)(C)OC)cc1OC. The van der Waals surface area contributed by atoms with Crippen molar-refractivity contribution in [3.63, 3.8) is 0 Å². The average Bonchev–Trinajstić information content (AvgIpc) is 2.62. The largest absolute Gasteiger partial charge is 0.493 e. The van der Waals surface area contributed by atoms with Crippen molar-refractivity contribution in [2.75, 3.05) is 33.9 Å². The third-order valence-electron chi connectivity index (χ3n) is 3.69. The summed E-state index contributed by atoms with van der Waals surface area (Å²) < 4.78 is 16.5. The zero-order chi connectivity index (χ0) is 18.7. The van der Waals surface area contributed by atoms with Crippen LogP contribution in [0.2, 0.25) is 0 Å². The molecule has 1 aromatic rings. The standard InChI is InChI=1S/C19H33N3O3/c1-7-11-25-16-10-9-15(12-17(16)23-5)13-21-18(20-8-2)22-14-19(3,4)24-6/h9-10,12H,7-8,11,13-14H2,1-6H3,(H2,20,21,22). The fourth-order valence-electron chi connectivity index (χ4n) is 2.02. The average molecular weight is 351 g/mol. The Hall–Kier alpha value is -1.95. The molecule has 1 aromatic carbocycles. The predicted molar refractivity (Wildman–Crippen MR) is 103 cm³/mol. The van der Waals surface area contributed by atoms with Crippen molar-refractivity contribution in [3.05, 3.63) is 23.8 Å². The molecule has 25 heavy (non-hydrogen) atoms. The van der Waals surface area contributed by atoms with Crippen LogP contribution in [0.15, 0.2) is 23.2 Å². The van der Waals surface area contributed by atoms with Crippen LogP contribution in [0.3, 0.4) is 0 Å². The van der Waals surface area contributed by atoms with Crippen molar-refractivity contribution in [3.8, 4) is 11.5 Å². The Morgan fingerprint density at radius 2 is 1.88 bits per heavy atom. The fourth-order valence-corrected chi connectivity index (χ4v) is 2.02. The molecule has 0 atom stereocenters. The number of rotatable bonds is 10. The van der Waals surface area contributed by atoms with Gasteiger partial charge in [-0.2, -0.15) is 0 Å². The van der Waals surface area contributed by atoms with Gasteiger partial charge in [0, 0.05) is 20.2 Å². The fraction of sp³-hybridized carbons (Fsp3) is 0.632. The van der Waals surface area contributed by atoms with Crippen LogP contribution in [0.4, 0.5) is 0 Å². The lowest BCUT2D eigenvalue weighted by atomic mass is 10.1. The van der Waals surface area contributed by atoms with E-state index >= 15 is 0 Å². The predicted octanol–water partition coefficient (Wildman–Crippen LogP) is 2.96. The van der Waals surface area contributed by atoms with E-state index in [-0.39, 0.29) is 5.60 Å². The number of methoxy groups -OCH3 is 2. The molecule has 6 nitrogen and oxygen atoms in total. The number of benzene rings is 1. The van der Waals surface area contributed by atoms with Gasteiger partial charge < -0.3 is 24.8 Å². The quantitative estimate of drug-likeness (QED) is 0.501. The molecule has 0 aliphatic rings. The van der Waals surface area contributed by atoms with Gasteiger partial charge in [0.2, 0.25) is 0 Å². The number of aliphatic imine (C=N–C) groups is 1. The number of hydrogen-bond acceptors (Lipinski definition) is 4. The molecule has 0 bridgehead atoms. The Labute approximate surface area is 152 Å². The van der Waals surface area contributed by atoms with E-state index in [4.69, 9.17) is 14.2 Å². The van der Waals surface area contributed by atoms with Gasteiger partial charge in [-0.05, 0) is 44.9 Å². The summed E-state index contributed by atoms with van der Waals surface area (Å²) in [6, 6.07) is 5.92. The number of nitrogens with zero attached hydrogens (tertiary/aromatic N) is 1. The van der Waals surface area contributed by atoms with Gasteiger partial charge in [0.15, 0.2) is 17.5 Å². The van der Waals surface area contributed by atoms with Crippen LogP contribution in [-0.4, -0.2) is 45.5 Å². The van der Waals surface area contributed by atoms with Crippen LogP contribution in [-0.2, 0) is 11.3 Å². The van der Waals surface area contributed by atoms with Crippen LogP contribution < -0.4 is 20.1 Å². The van der Waals surface area contributed by atoms with Crippen molar-refractivity contribution in [1.82, 2.24) is 10.6 Å². The molecule has 0 aliphatic heterocycles. The Balaban J connectivity index is 2.77. The molecule has 0 aliphatic carbocycles.